The van der Waals surface area contributed by atoms with Crippen LogP contribution in [0.4, 0.5) is 33.0 Å². The molecular weight excluding hydrogens is 457 g/mol. The number of nitrogens with zero attached hydrogens (tertiary/aromatic N) is 3. The Balaban J connectivity index is 1.45. The lowest BCUT2D eigenvalue weighted by molar-refractivity contribution is 0.311. The zero-order valence-corrected chi connectivity index (χ0v) is 22.2. The third kappa shape index (κ3) is 7.12. The second-order valence-corrected chi connectivity index (χ2v) is 12.0. The summed E-state index contributed by atoms with van der Waals surface area (Å²) >= 11 is 1.94. The predicted octanol–water partition coefficient (Wildman–Crippen LogP) is 6.80. The van der Waals surface area contributed by atoms with E-state index in [2.05, 4.69) is 77.5 Å². The van der Waals surface area contributed by atoms with E-state index in [9.17, 15) is 4.39 Å². The number of anilines is 5. The fraction of sp³-hybridized carbons (Fsp3) is 0.393. The van der Waals surface area contributed by atoms with Gasteiger partial charge < -0.3 is 20.4 Å². The summed E-state index contributed by atoms with van der Waals surface area (Å²) in [5.41, 5.74) is 5.69. The molecule has 186 valence electrons. The molecule has 35 heavy (non-hydrogen) atoms. The molecule has 5 nitrogen and oxygen atoms in total. The highest BCUT2D eigenvalue weighted by Gasteiger charge is 2.17. The normalized spacial score (nSPS) is 14.7. The Morgan fingerprint density at radius 2 is 1.71 bits per heavy atom. The van der Waals surface area contributed by atoms with Crippen LogP contribution >= 0.6 is 11.8 Å². The smallest absolute Gasteiger partial charge is 0.148 e. The van der Waals surface area contributed by atoms with Crippen molar-refractivity contribution in [1.82, 2.24) is 9.88 Å². The van der Waals surface area contributed by atoms with E-state index in [0.717, 1.165) is 48.9 Å². The first-order chi connectivity index (χ1) is 16.7. The number of likely N-dealkylation sites (N-methyl/N-ethyl adjacent to an activating group) is 1. The summed E-state index contributed by atoms with van der Waals surface area (Å²) in [6.07, 6.45) is 1.83. The third-order valence-corrected chi connectivity index (χ3v) is 7.39. The summed E-state index contributed by atoms with van der Waals surface area (Å²) in [4.78, 5) is 8.88. The van der Waals surface area contributed by atoms with Crippen molar-refractivity contribution in [2.45, 2.75) is 38.2 Å². The topological polar surface area (TPSA) is 43.4 Å². The molecule has 1 fully saturated rings. The highest BCUT2D eigenvalue weighted by molar-refractivity contribution is 7.99. The molecule has 1 aliphatic heterocycles. The number of thioether (sulfide) groups is 1. The molecule has 2 N–H and O–H groups in total. The van der Waals surface area contributed by atoms with Crippen LogP contribution in [0.1, 0.15) is 31.9 Å². The van der Waals surface area contributed by atoms with Crippen LogP contribution in [-0.2, 0) is 5.75 Å². The maximum absolute atomic E-state index is 14.9. The minimum Gasteiger partial charge on any atom is -0.367 e. The second kappa shape index (κ2) is 10.9. The molecule has 0 aliphatic carbocycles. The van der Waals surface area contributed by atoms with Gasteiger partial charge in [-0.15, -0.1) is 0 Å². The van der Waals surface area contributed by atoms with Crippen LogP contribution in [0.5, 0.6) is 0 Å². The van der Waals surface area contributed by atoms with Crippen molar-refractivity contribution >= 4 is 40.3 Å². The molecule has 1 aromatic heterocycles. The van der Waals surface area contributed by atoms with E-state index in [-0.39, 0.29) is 10.6 Å². The largest absolute Gasteiger partial charge is 0.367 e. The highest BCUT2D eigenvalue weighted by Crippen LogP contribution is 2.30. The van der Waals surface area contributed by atoms with Crippen LogP contribution in [0.2, 0.25) is 0 Å². The van der Waals surface area contributed by atoms with Gasteiger partial charge in [-0.3, -0.25) is 0 Å². The van der Waals surface area contributed by atoms with Crippen LogP contribution in [-0.4, -0.2) is 47.9 Å². The van der Waals surface area contributed by atoms with Crippen LogP contribution in [0.3, 0.4) is 0 Å². The second-order valence-electron chi connectivity index (χ2n) is 10.2. The SMILES string of the molecule is Cc1cnc(Nc2ccc(N3CCN(C)CC3)c(F)c2)cc1Nc1cccc(CSC(C)(C)C)c1. The van der Waals surface area contributed by atoms with E-state index in [1.807, 2.05) is 43.1 Å². The monoisotopic (exact) mass is 493 g/mol. The fourth-order valence-corrected chi connectivity index (χ4v) is 4.74. The zero-order valence-electron chi connectivity index (χ0n) is 21.4. The standard InChI is InChI=1S/C28H36FN5S/c1-20-18-30-27(17-25(20)31-22-8-6-7-21(15-22)19-35-28(2,3)4)32-23-9-10-26(24(29)16-23)34-13-11-33(5)12-14-34/h6-10,15-18H,11-14,19H2,1-5H3,(H2,30,31,32). The van der Waals surface area contributed by atoms with Gasteiger partial charge in [0.05, 0.1) is 5.69 Å². The Morgan fingerprint density at radius 1 is 0.971 bits per heavy atom. The average Bonchev–Trinajstić information content (AvgIpc) is 2.81. The minimum absolute atomic E-state index is 0.213. The maximum Gasteiger partial charge on any atom is 0.148 e. The zero-order chi connectivity index (χ0) is 25.0. The molecule has 1 aliphatic rings. The van der Waals surface area contributed by atoms with Crippen molar-refractivity contribution in [2.24, 2.45) is 0 Å². The highest BCUT2D eigenvalue weighted by atomic mass is 32.2. The van der Waals surface area contributed by atoms with Gasteiger partial charge in [0.1, 0.15) is 11.6 Å². The first-order valence-corrected chi connectivity index (χ1v) is 13.1. The molecule has 1 saturated heterocycles. The Bertz CT molecular complexity index is 1150. The minimum atomic E-state index is -0.213. The number of rotatable bonds is 7. The third-order valence-electron chi connectivity index (χ3n) is 6.05. The van der Waals surface area contributed by atoms with E-state index in [1.54, 1.807) is 6.07 Å². The lowest BCUT2D eigenvalue weighted by Gasteiger charge is -2.34. The first-order valence-electron chi connectivity index (χ1n) is 12.1. The molecule has 7 heteroatoms. The first kappa shape index (κ1) is 25.3. The maximum atomic E-state index is 14.9. The lowest BCUT2D eigenvalue weighted by Crippen LogP contribution is -2.44. The van der Waals surface area contributed by atoms with Crippen molar-refractivity contribution in [2.75, 3.05) is 48.8 Å². The van der Waals surface area contributed by atoms with E-state index < -0.39 is 0 Å². The molecule has 4 rings (SSSR count). The molecular formula is C28H36FN5S. The number of benzene rings is 2. The van der Waals surface area contributed by atoms with Gasteiger partial charge in [0.2, 0.25) is 0 Å². The number of aryl methyl sites for hydroxylation is 1. The summed E-state index contributed by atoms with van der Waals surface area (Å²) in [6.45, 7) is 12.3. The molecule has 2 aromatic carbocycles. The molecule has 0 spiro atoms. The van der Waals surface area contributed by atoms with Gasteiger partial charge in [-0.25, -0.2) is 9.37 Å². The number of nitrogens with one attached hydrogen (secondary N) is 2. The van der Waals surface area contributed by atoms with E-state index in [1.165, 1.54) is 5.56 Å². The number of hydrogen-bond acceptors (Lipinski definition) is 6. The Morgan fingerprint density at radius 3 is 2.43 bits per heavy atom. The molecule has 3 aromatic rings. The van der Waals surface area contributed by atoms with Crippen molar-refractivity contribution in [3.05, 3.63) is 71.7 Å². The summed E-state index contributed by atoms with van der Waals surface area (Å²) in [5.74, 6) is 1.43. The summed E-state index contributed by atoms with van der Waals surface area (Å²) < 4.78 is 15.1. The molecule has 0 unspecified atom stereocenters. The molecule has 0 atom stereocenters. The van der Waals surface area contributed by atoms with Gasteiger partial charge in [-0.05, 0) is 55.4 Å². The predicted molar refractivity (Wildman–Crippen MR) is 149 cm³/mol. The molecule has 0 bridgehead atoms. The molecule has 2 heterocycles. The number of piperazine rings is 1. The van der Waals surface area contributed by atoms with Crippen molar-refractivity contribution < 1.29 is 4.39 Å². The Kier molecular flexibility index (Phi) is 7.87. The number of hydrogen-bond donors (Lipinski definition) is 2. The number of halogens is 1. The summed E-state index contributed by atoms with van der Waals surface area (Å²) in [6, 6.07) is 15.8. The van der Waals surface area contributed by atoms with Crippen molar-refractivity contribution in [1.29, 1.82) is 0 Å². The number of pyridine rings is 1. The lowest BCUT2D eigenvalue weighted by atomic mass is 10.2. The number of aromatic nitrogens is 1. The summed E-state index contributed by atoms with van der Waals surface area (Å²) in [5, 5.41) is 6.79. The molecule has 0 radical (unpaired) electrons. The van der Waals surface area contributed by atoms with Gasteiger partial charge in [-0.1, -0.05) is 32.9 Å². The summed E-state index contributed by atoms with van der Waals surface area (Å²) in [7, 11) is 2.10. The molecule has 0 amide bonds. The average molecular weight is 494 g/mol. The van der Waals surface area contributed by atoms with Crippen molar-refractivity contribution in [3.8, 4) is 0 Å². The van der Waals surface area contributed by atoms with Gasteiger partial charge in [0.15, 0.2) is 0 Å². The van der Waals surface area contributed by atoms with Crippen molar-refractivity contribution in [3.63, 3.8) is 0 Å². The fourth-order valence-electron chi connectivity index (χ4n) is 3.96. The Hall–Kier alpha value is -2.77. The molecule has 0 saturated carbocycles. The van der Waals surface area contributed by atoms with Gasteiger partial charge in [0.25, 0.3) is 0 Å². The van der Waals surface area contributed by atoms with Crippen LogP contribution < -0.4 is 15.5 Å². The van der Waals surface area contributed by atoms with Gasteiger partial charge in [0, 0.05) is 66.0 Å². The van der Waals surface area contributed by atoms with Crippen LogP contribution in [0, 0.1) is 12.7 Å². The Labute approximate surface area is 213 Å². The van der Waals surface area contributed by atoms with E-state index >= 15 is 0 Å². The van der Waals surface area contributed by atoms with Crippen LogP contribution in [0.25, 0.3) is 0 Å². The van der Waals surface area contributed by atoms with E-state index in [4.69, 9.17) is 0 Å². The van der Waals surface area contributed by atoms with Crippen LogP contribution in [0.15, 0.2) is 54.7 Å². The van der Waals surface area contributed by atoms with Gasteiger partial charge >= 0.3 is 0 Å². The quantitative estimate of drug-likeness (QED) is 0.377. The van der Waals surface area contributed by atoms with E-state index in [0.29, 0.717) is 17.2 Å². The van der Waals surface area contributed by atoms with Gasteiger partial charge in [-0.2, -0.15) is 11.8 Å².